The molecule has 1 heteroatoms. The Hall–Kier alpha value is -2.02. The molecule has 1 aromatic carbocycles. The monoisotopic (exact) mass is 294 g/mol. The first-order chi connectivity index (χ1) is 10.8. The average molecular weight is 294 g/mol. The van der Waals surface area contributed by atoms with E-state index in [9.17, 15) is 0 Å². The molecule has 0 saturated heterocycles. The van der Waals surface area contributed by atoms with E-state index in [2.05, 4.69) is 81.5 Å². The quantitative estimate of drug-likeness (QED) is 0.576. The lowest BCUT2D eigenvalue weighted by Gasteiger charge is -2.30. The SMILES string of the molecule is CC=CCC1=C(CC=CC)C(CC=CC)Oc2ccccc21. The van der Waals surface area contributed by atoms with E-state index < -0.39 is 0 Å². The Balaban J connectivity index is 2.49. The first-order valence-corrected chi connectivity index (χ1v) is 8.13. The molecule has 1 nitrogen and oxygen atoms in total. The Labute approximate surface area is 134 Å². The highest BCUT2D eigenvalue weighted by Gasteiger charge is 2.26. The summed E-state index contributed by atoms with van der Waals surface area (Å²) < 4.78 is 6.29. The second-order valence-corrected chi connectivity index (χ2v) is 5.46. The predicted octanol–water partition coefficient (Wildman–Crippen LogP) is 6.10. The molecule has 0 aliphatic carbocycles. The fourth-order valence-corrected chi connectivity index (χ4v) is 2.84. The van der Waals surface area contributed by atoms with Crippen molar-refractivity contribution in [2.75, 3.05) is 0 Å². The molecule has 0 amide bonds. The maximum Gasteiger partial charge on any atom is 0.127 e. The largest absolute Gasteiger partial charge is 0.485 e. The van der Waals surface area contributed by atoms with Crippen LogP contribution in [0.2, 0.25) is 0 Å². The fourth-order valence-electron chi connectivity index (χ4n) is 2.84. The maximum absolute atomic E-state index is 6.29. The van der Waals surface area contributed by atoms with Crippen molar-refractivity contribution in [3.05, 3.63) is 71.9 Å². The van der Waals surface area contributed by atoms with Crippen molar-refractivity contribution in [1.29, 1.82) is 0 Å². The van der Waals surface area contributed by atoms with Crippen molar-refractivity contribution in [2.24, 2.45) is 0 Å². The van der Waals surface area contributed by atoms with Gasteiger partial charge in [0.1, 0.15) is 11.9 Å². The smallest absolute Gasteiger partial charge is 0.127 e. The van der Waals surface area contributed by atoms with E-state index in [1.165, 1.54) is 16.7 Å². The van der Waals surface area contributed by atoms with Crippen LogP contribution in [-0.2, 0) is 0 Å². The molecule has 0 fully saturated rings. The minimum atomic E-state index is 0.141. The number of hydrogen-bond donors (Lipinski definition) is 0. The van der Waals surface area contributed by atoms with Gasteiger partial charge in [-0.2, -0.15) is 0 Å². The van der Waals surface area contributed by atoms with E-state index in [4.69, 9.17) is 4.74 Å². The second-order valence-electron chi connectivity index (χ2n) is 5.46. The van der Waals surface area contributed by atoms with Crippen LogP contribution >= 0.6 is 0 Å². The number of rotatable bonds is 6. The average Bonchev–Trinajstić information content (AvgIpc) is 2.56. The molecular weight excluding hydrogens is 268 g/mol. The van der Waals surface area contributed by atoms with Gasteiger partial charge in [-0.05, 0) is 50.8 Å². The van der Waals surface area contributed by atoms with Crippen LogP contribution in [0.25, 0.3) is 5.57 Å². The summed E-state index contributed by atoms with van der Waals surface area (Å²) in [5.41, 5.74) is 4.08. The van der Waals surface area contributed by atoms with Crippen LogP contribution < -0.4 is 4.74 Å². The highest BCUT2D eigenvalue weighted by Crippen LogP contribution is 2.40. The van der Waals surface area contributed by atoms with Crippen molar-refractivity contribution in [1.82, 2.24) is 0 Å². The zero-order valence-corrected chi connectivity index (χ0v) is 13.9. The van der Waals surface area contributed by atoms with Crippen molar-refractivity contribution < 1.29 is 4.74 Å². The van der Waals surface area contributed by atoms with Gasteiger partial charge in [0.25, 0.3) is 0 Å². The Bertz CT molecular complexity index is 602. The molecule has 0 radical (unpaired) electrons. The Morgan fingerprint density at radius 1 is 0.909 bits per heavy atom. The number of benzene rings is 1. The van der Waals surface area contributed by atoms with Gasteiger partial charge < -0.3 is 4.74 Å². The van der Waals surface area contributed by atoms with E-state index in [1.54, 1.807) is 0 Å². The van der Waals surface area contributed by atoms with Gasteiger partial charge in [0.05, 0.1) is 0 Å². The van der Waals surface area contributed by atoms with Crippen molar-refractivity contribution in [3.8, 4) is 5.75 Å². The van der Waals surface area contributed by atoms with Crippen molar-refractivity contribution in [2.45, 2.75) is 46.1 Å². The molecule has 1 aliphatic rings. The maximum atomic E-state index is 6.29. The molecule has 2 rings (SSSR count). The van der Waals surface area contributed by atoms with Crippen LogP contribution in [0.15, 0.2) is 66.3 Å². The molecule has 0 aromatic heterocycles. The number of ether oxygens (including phenoxy) is 1. The van der Waals surface area contributed by atoms with Gasteiger partial charge in [0, 0.05) is 12.0 Å². The molecule has 116 valence electrons. The summed E-state index contributed by atoms with van der Waals surface area (Å²) in [4.78, 5) is 0. The summed E-state index contributed by atoms with van der Waals surface area (Å²) in [6.45, 7) is 6.21. The third kappa shape index (κ3) is 3.79. The molecule has 1 atom stereocenters. The van der Waals surface area contributed by atoms with Crippen LogP contribution in [-0.4, -0.2) is 6.10 Å². The molecule has 1 aliphatic heterocycles. The van der Waals surface area contributed by atoms with Crippen LogP contribution in [0.5, 0.6) is 5.75 Å². The summed E-state index contributed by atoms with van der Waals surface area (Å²) in [5, 5.41) is 0. The van der Waals surface area contributed by atoms with E-state index in [0.29, 0.717) is 0 Å². The minimum absolute atomic E-state index is 0.141. The highest BCUT2D eigenvalue weighted by atomic mass is 16.5. The van der Waals surface area contributed by atoms with Crippen LogP contribution in [0.1, 0.15) is 45.6 Å². The summed E-state index contributed by atoms with van der Waals surface area (Å²) in [5.74, 6) is 1.01. The fraction of sp³-hybridized carbons (Fsp3) is 0.333. The molecule has 22 heavy (non-hydrogen) atoms. The van der Waals surface area contributed by atoms with Gasteiger partial charge >= 0.3 is 0 Å². The van der Waals surface area contributed by atoms with E-state index in [0.717, 1.165) is 25.0 Å². The normalized spacial score (nSPS) is 18.4. The molecule has 0 saturated carbocycles. The lowest BCUT2D eigenvalue weighted by atomic mass is 9.87. The number of para-hydroxylation sites is 1. The third-order valence-electron chi connectivity index (χ3n) is 3.97. The van der Waals surface area contributed by atoms with Crippen LogP contribution in [0.3, 0.4) is 0 Å². The Morgan fingerprint density at radius 3 is 2.32 bits per heavy atom. The third-order valence-corrected chi connectivity index (χ3v) is 3.97. The van der Waals surface area contributed by atoms with Gasteiger partial charge in [-0.3, -0.25) is 0 Å². The zero-order chi connectivity index (χ0) is 15.8. The molecule has 1 aromatic rings. The standard InChI is InChI=1S/C21H26O/c1-4-7-12-17-18(13-8-5-2)20(15-9-6-3)22-21-16-11-10-14-19(17)21/h4-11,14,16,20H,12-13,15H2,1-3H3. The summed E-state index contributed by atoms with van der Waals surface area (Å²) in [6.07, 6.45) is 16.0. The first kappa shape index (κ1) is 16.4. The van der Waals surface area contributed by atoms with Crippen molar-refractivity contribution >= 4 is 5.57 Å². The number of hydrogen-bond acceptors (Lipinski definition) is 1. The predicted molar refractivity (Wildman–Crippen MR) is 96.1 cm³/mol. The van der Waals surface area contributed by atoms with E-state index >= 15 is 0 Å². The van der Waals surface area contributed by atoms with Gasteiger partial charge in [-0.15, -0.1) is 0 Å². The lowest BCUT2D eigenvalue weighted by Crippen LogP contribution is -2.24. The zero-order valence-electron chi connectivity index (χ0n) is 13.9. The highest BCUT2D eigenvalue weighted by molar-refractivity contribution is 5.76. The van der Waals surface area contributed by atoms with E-state index in [-0.39, 0.29) is 6.10 Å². The van der Waals surface area contributed by atoms with Gasteiger partial charge in [-0.25, -0.2) is 0 Å². The summed E-state index contributed by atoms with van der Waals surface area (Å²) in [6, 6.07) is 8.41. The number of allylic oxidation sites excluding steroid dienone is 6. The molecule has 0 bridgehead atoms. The second kappa shape index (κ2) is 8.43. The Kier molecular flexibility index (Phi) is 6.27. The minimum Gasteiger partial charge on any atom is -0.485 e. The van der Waals surface area contributed by atoms with Crippen molar-refractivity contribution in [3.63, 3.8) is 0 Å². The summed E-state index contributed by atoms with van der Waals surface area (Å²) in [7, 11) is 0. The molecule has 1 unspecified atom stereocenters. The first-order valence-electron chi connectivity index (χ1n) is 8.13. The van der Waals surface area contributed by atoms with Gasteiger partial charge in [-0.1, -0.05) is 54.7 Å². The molecular formula is C21H26O. The topological polar surface area (TPSA) is 9.23 Å². The van der Waals surface area contributed by atoms with Crippen LogP contribution in [0, 0.1) is 0 Å². The molecule has 1 heterocycles. The Morgan fingerprint density at radius 2 is 1.59 bits per heavy atom. The number of fused-ring (bicyclic) bond motifs is 1. The van der Waals surface area contributed by atoms with E-state index in [1.807, 2.05) is 0 Å². The molecule has 0 spiro atoms. The molecule has 0 N–H and O–H groups in total. The lowest BCUT2D eigenvalue weighted by molar-refractivity contribution is 0.232. The van der Waals surface area contributed by atoms with Crippen LogP contribution in [0.4, 0.5) is 0 Å². The van der Waals surface area contributed by atoms with Gasteiger partial charge in [0.2, 0.25) is 0 Å². The van der Waals surface area contributed by atoms with Gasteiger partial charge in [0.15, 0.2) is 0 Å². The summed E-state index contributed by atoms with van der Waals surface area (Å²) >= 11 is 0.